The van der Waals surface area contributed by atoms with Crippen molar-refractivity contribution in [1.29, 1.82) is 0 Å². The van der Waals surface area contributed by atoms with Gasteiger partial charge in [-0.2, -0.15) is 0 Å². The molecule has 1 nitrogen and oxygen atoms in total. The maximum atomic E-state index is 2.83. The summed E-state index contributed by atoms with van der Waals surface area (Å²) >= 11 is 0. The Morgan fingerprint density at radius 2 is 1.58 bits per heavy atom. The van der Waals surface area contributed by atoms with Gasteiger partial charge in [-0.1, -0.05) is 30.3 Å². The van der Waals surface area contributed by atoms with E-state index in [9.17, 15) is 0 Å². The van der Waals surface area contributed by atoms with E-state index in [-0.39, 0.29) is 5.54 Å². The Kier molecular flexibility index (Phi) is 2.70. The number of piperidine rings is 2. The van der Waals surface area contributed by atoms with Gasteiger partial charge < -0.3 is 4.90 Å². The van der Waals surface area contributed by atoms with Gasteiger partial charge >= 0.3 is 0 Å². The second-order valence-electron chi connectivity index (χ2n) is 8.51. The number of nitrogens with zero attached hydrogens (tertiary/aromatic N) is 1. The first-order valence-corrected chi connectivity index (χ1v) is 9.47. The molecule has 2 bridgehead atoms. The lowest BCUT2D eigenvalue weighted by Crippen LogP contribution is -2.72. The van der Waals surface area contributed by atoms with E-state index in [1.54, 1.807) is 11.1 Å². The fourth-order valence-electron chi connectivity index (χ4n) is 6.31. The van der Waals surface area contributed by atoms with Gasteiger partial charge in [0.15, 0.2) is 0 Å². The van der Waals surface area contributed by atoms with Crippen molar-refractivity contribution < 1.29 is 0 Å². The van der Waals surface area contributed by atoms with Crippen LogP contribution in [0.4, 0.5) is 5.69 Å². The maximum absolute atomic E-state index is 2.83. The molecule has 2 aromatic rings. The minimum Gasteiger partial charge on any atom is -0.358 e. The van der Waals surface area contributed by atoms with Crippen LogP contribution in [0.1, 0.15) is 60.4 Å². The van der Waals surface area contributed by atoms with Crippen LogP contribution in [-0.2, 0) is 11.0 Å². The average molecular weight is 317 g/mol. The lowest BCUT2D eigenvalue weighted by atomic mass is 9.47. The van der Waals surface area contributed by atoms with Crippen molar-refractivity contribution in [2.24, 2.45) is 0 Å². The van der Waals surface area contributed by atoms with Crippen LogP contribution in [0.5, 0.6) is 0 Å². The van der Waals surface area contributed by atoms with E-state index in [2.05, 4.69) is 69.0 Å². The predicted molar refractivity (Wildman–Crippen MR) is 101 cm³/mol. The van der Waals surface area contributed by atoms with Crippen molar-refractivity contribution in [2.45, 2.75) is 70.4 Å². The lowest BCUT2D eigenvalue weighted by Gasteiger charge is -2.70. The second kappa shape index (κ2) is 4.45. The van der Waals surface area contributed by atoms with Crippen molar-refractivity contribution in [2.75, 3.05) is 4.90 Å². The quantitative estimate of drug-likeness (QED) is 0.667. The van der Waals surface area contributed by atoms with E-state index >= 15 is 0 Å². The summed E-state index contributed by atoms with van der Waals surface area (Å²) in [6.45, 7) is 9.30. The Morgan fingerprint density at radius 1 is 0.917 bits per heavy atom. The molecule has 6 aliphatic rings. The predicted octanol–water partition coefficient (Wildman–Crippen LogP) is 5.54. The van der Waals surface area contributed by atoms with Gasteiger partial charge in [-0.15, -0.1) is 0 Å². The molecule has 1 saturated carbocycles. The number of benzene rings is 2. The minimum absolute atomic E-state index is 0.223. The molecule has 1 atom stereocenters. The topological polar surface area (TPSA) is 3.24 Å². The van der Waals surface area contributed by atoms with Gasteiger partial charge in [0, 0.05) is 17.1 Å². The van der Waals surface area contributed by atoms with Crippen LogP contribution < -0.4 is 4.90 Å². The highest BCUT2D eigenvalue weighted by Gasteiger charge is 2.64. The summed E-state index contributed by atoms with van der Waals surface area (Å²) in [6, 6.07) is 14.7. The van der Waals surface area contributed by atoms with Crippen molar-refractivity contribution >= 4 is 5.69 Å². The van der Waals surface area contributed by atoms with E-state index in [1.165, 1.54) is 48.1 Å². The van der Waals surface area contributed by atoms with Crippen molar-refractivity contribution in [3.8, 4) is 0 Å². The fraction of sp³-hybridized carbons (Fsp3) is 0.478. The van der Waals surface area contributed by atoms with Gasteiger partial charge in [0.2, 0.25) is 0 Å². The molecular weight excluding hydrogens is 290 g/mol. The Bertz CT molecular complexity index is 839. The van der Waals surface area contributed by atoms with Gasteiger partial charge in [0.25, 0.3) is 0 Å². The van der Waals surface area contributed by atoms with E-state index in [4.69, 9.17) is 0 Å². The summed E-state index contributed by atoms with van der Waals surface area (Å²) in [7, 11) is 0. The molecule has 0 unspecified atom stereocenters. The summed E-state index contributed by atoms with van der Waals surface area (Å²) in [4.78, 5) is 2.83. The van der Waals surface area contributed by atoms with Crippen LogP contribution >= 0.6 is 0 Å². The van der Waals surface area contributed by atoms with E-state index in [0.29, 0.717) is 11.5 Å². The monoisotopic (exact) mass is 317 g/mol. The Labute approximate surface area is 145 Å². The lowest BCUT2D eigenvalue weighted by molar-refractivity contribution is 0.0554. The molecule has 124 valence electrons. The largest absolute Gasteiger partial charge is 0.358 e. The molecule has 0 spiro atoms. The molecule has 0 amide bonds. The molecule has 3 aliphatic carbocycles. The summed E-state index contributed by atoms with van der Waals surface area (Å²) in [5.41, 5.74) is 9.64. The molecule has 0 radical (unpaired) electrons. The van der Waals surface area contributed by atoms with Crippen LogP contribution in [0.2, 0.25) is 0 Å². The molecule has 1 heteroatoms. The Morgan fingerprint density at radius 3 is 2.29 bits per heavy atom. The van der Waals surface area contributed by atoms with Crippen LogP contribution in [0, 0.1) is 20.8 Å². The Hall–Kier alpha value is -1.76. The van der Waals surface area contributed by atoms with Crippen LogP contribution in [0.3, 0.4) is 0 Å². The van der Waals surface area contributed by atoms with Gasteiger partial charge in [-0.05, 0) is 87.3 Å². The molecule has 3 heterocycles. The first-order valence-electron chi connectivity index (χ1n) is 9.47. The maximum Gasteiger partial charge on any atom is 0.0660 e. The second-order valence-corrected chi connectivity index (χ2v) is 8.51. The van der Waals surface area contributed by atoms with E-state index < -0.39 is 0 Å². The fourth-order valence-corrected chi connectivity index (χ4v) is 6.31. The third-order valence-electron chi connectivity index (χ3n) is 7.63. The summed E-state index contributed by atoms with van der Waals surface area (Å²) in [5.74, 6) is 0. The zero-order valence-electron chi connectivity index (χ0n) is 15.3. The molecule has 8 rings (SSSR count). The van der Waals surface area contributed by atoms with Crippen molar-refractivity contribution in [3.63, 3.8) is 0 Å². The van der Waals surface area contributed by atoms with Crippen LogP contribution in [0.25, 0.3) is 0 Å². The van der Waals surface area contributed by atoms with Gasteiger partial charge in [-0.25, -0.2) is 0 Å². The molecule has 24 heavy (non-hydrogen) atoms. The minimum atomic E-state index is 0.223. The highest BCUT2D eigenvalue weighted by molar-refractivity contribution is 5.67. The molecule has 2 saturated heterocycles. The number of aryl methyl sites for hydroxylation is 2. The molecular formula is C23H27N. The molecule has 0 N–H and O–H groups in total. The Balaban J connectivity index is 1.80. The number of hydrogen-bond acceptors (Lipinski definition) is 1. The number of rotatable bonds is 1. The standard InChI is InChI=1S/C23H27N/c1-15-13-16(2)17(3)21(14-15)24-18(4)22-9-11-23(24,12-10-22)20-8-6-5-7-19(20)22/h5-8,13-14,18H,9-12H2,1-4H3/t18-,22?,23?/m0/s1. The summed E-state index contributed by atoms with van der Waals surface area (Å²) in [5, 5.41) is 0. The molecule has 3 fully saturated rings. The van der Waals surface area contributed by atoms with Crippen molar-refractivity contribution in [3.05, 3.63) is 64.2 Å². The highest BCUT2D eigenvalue weighted by atomic mass is 15.3. The summed E-state index contributed by atoms with van der Waals surface area (Å²) < 4.78 is 0. The SMILES string of the molecule is Cc1cc(C)c(C)c(N2[C@@H](C)C34CCC2(CC3)c2ccccc24)c1. The average Bonchev–Trinajstić information content (AvgIpc) is 2.60. The zero-order chi connectivity index (χ0) is 16.7. The zero-order valence-corrected chi connectivity index (χ0v) is 15.3. The third-order valence-corrected chi connectivity index (χ3v) is 7.63. The smallest absolute Gasteiger partial charge is 0.0660 e. The summed E-state index contributed by atoms with van der Waals surface area (Å²) in [6.07, 6.45) is 5.37. The highest BCUT2D eigenvalue weighted by Crippen LogP contribution is 2.66. The van der Waals surface area contributed by atoms with Crippen molar-refractivity contribution in [1.82, 2.24) is 0 Å². The van der Waals surface area contributed by atoms with Gasteiger partial charge in [-0.3, -0.25) is 0 Å². The molecule has 3 aliphatic heterocycles. The van der Waals surface area contributed by atoms with Gasteiger partial charge in [0.05, 0.1) is 5.54 Å². The number of hydrogen-bond donors (Lipinski definition) is 0. The van der Waals surface area contributed by atoms with E-state index in [0.717, 1.165) is 0 Å². The van der Waals surface area contributed by atoms with E-state index in [1.807, 2.05) is 0 Å². The van der Waals surface area contributed by atoms with Crippen LogP contribution in [-0.4, -0.2) is 6.04 Å². The van der Waals surface area contributed by atoms with Crippen LogP contribution in [0.15, 0.2) is 36.4 Å². The first kappa shape index (κ1) is 14.6. The van der Waals surface area contributed by atoms with Gasteiger partial charge in [0.1, 0.15) is 0 Å². The first-order chi connectivity index (χ1) is 11.5. The normalized spacial score (nSPS) is 33.0. The number of anilines is 1. The molecule has 0 aromatic heterocycles. The third kappa shape index (κ3) is 1.48. The molecule has 2 aromatic carbocycles.